The van der Waals surface area contributed by atoms with E-state index in [9.17, 15) is 9.59 Å². The lowest BCUT2D eigenvalue weighted by Gasteiger charge is -2.46. The van der Waals surface area contributed by atoms with Crippen molar-refractivity contribution < 1.29 is 23.8 Å². The first-order valence-corrected chi connectivity index (χ1v) is 16.6. The molecule has 4 heterocycles. The van der Waals surface area contributed by atoms with Gasteiger partial charge in [-0.05, 0) is 70.9 Å². The van der Waals surface area contributed by atoms with Gasteiger partial charge in [-0.15, -0.1) is 0 Å². The molecule has 2 spiro atoms. The Kier molecular flexibility index (Phi) is 9.25. The van der Waals surface area contributed by atoms with Crippen LogP contribution in [0.15, 0.2) is 23.9 Å². The number of nitrogens with one attached hydrogen (secondary N) is 1. The lowest BCUT2D eigenvalue weighted by molar-refractivity contribution is -0.129. The first-order chi connectivity index (χ1) is 21.3. The predicted octanol–water partition coefficient (Wildman–Crippen LogP) is 3.63. The molecule has 2 saturated heterocycles. The number of hydrogen-bond donors (Lipinski definition) is 2. The minimum absolute atomic E-state index is 0.106. The van der Waals surface area contributed by atoms with Crippen molar-refractivity contribution in [2.24, 2.45) is 17.1 Å². The Labute approximate surface area is 261 Å². The largest absolute Gasteiger partial charge is 0.470 e. The average Bonchev–Trinajstić information content (AvgIpc) is 3.46. The Bertz CT molecular complexity index is 1300. The van der Waals surface area contributed by atoms with Crippen molar-refractivity contribution in [1.82, 2.24) is 20.2 Å². The van der Waals surface area contributed by atoms with Crippen LogP contribution in [0.3, 0.4) is 0 Å². The lowest BCUT2D eigenvalue weighted by Crippen LogP contribution is -2.56. The van der Waals surface area contributed by atoms with Gasteiger partial charge in [-0.3, -0.25) is 14.5 Å². The highest BCUT2D eigenvalue weighted by atomic mass is 16.5. The van der Waals surface area contributed by atoms with E-state index in [0.29, 0.717) is 81.8 Å². The standard InChI is InChI=1S/C34H49N5O5/c1-4-26(22(2)9-8-15-36-3)44-32-25-17-39(23-18-43-19-23)20-33(14-16-42-21-33)30(25)37-31(38-32)28(41)24-10-7-13-34(29(24)35)12-6-5-11-27(34)40/h4,22-23,26,36H,1,5-21,35H2,2-3H3/t22-,26-,33-,34+/m0/s1. The van der Waals surface area contributed by atoms with Crippen molar-refractivity contribution in [3.63, 3.8) is 0 Å². The maximum absolute atomic E-state index is 14.4. The topological polar surface area (TPSA) is 129 Å². The van der Waals surface area contributed by atoms with Crippen LogP contribution in [-0.2, 0) is 26.2 Å². The van der Waals surface area contributed by atoms with Gasteiger partial charge in [-0.1, -0.05) is 26.0 Å². The summed E-state index contributed by atoms with van der Waals surface area (Å²) in [6.07, 6.45) is 9.39. The van der Waals surface area contributed by atoms with E-state index in [4.69, 9.17) is 29.9 Å². The first-order valence-electron chi connectivity index (χ1n) is 16.6. The van der Waals surface area contributed by atoms with Gasteiger partial charge >= 0.3 is 0 Å². The van der Waals surface area contributed by atoms with Crippen LogP contribution < -0.4 is 15.8 Å². The second-order valence-corrected chi connectivity index (χ2v) is 13.7. The number of ether oxygens (including phenoxy) is 3. The average molecular weight is 608 g/mol. The van der Waals surface area contributed by atoms with Crippen LogP contribution in [-0.4, -0.2) is 85.1 Å². The van der Waals surface area contributed by atoms with Gasteiger partial charge in [0.05, 0.1) is 47.9 Å². The molecule has 0 unspecified atom stereocenters. The van der Waals surface area contributed by atoms with Crippen molar-refractivity contribution in [2.45, 2.75) is 95.2 Å². The van der Waals surface area contributed by atoms with Crippen LogP contribution in [0, 0.1) is 11.3 Å². The first kappa shape index (κ1) is 31.3. The summed E-state index contributed by atoms with van der Waals surface area (Å²) in [5.41, 5.74) is 8.40. The third-order valence-electron chi connectivity index (χ3n) is 10.8. The summed E-state index contributed by atoms with van der Waals surface area (Å²) in [6.45, 7) is 11.2. The molecular formula is C34H49N5O5. The number of carbonyl (C=O) groups excluding carboxylic acids is 2. The van der Waals surface area contributed by atoms with E-state index in [-0.39, 0.29) is 34.8 Å². The molecule has 240 valence electrons. The smallest absolute Gasteiger partial charge is 0.228 e. The fraction of sp³-hybridized carbons (Fsp3) is 0.706. The molecule has 0 amide bonds. The Balaban J connectivity index is 1.42. The molecular weight excluding hydrogens is 558 g/mol. The lowest BCUT2D eigenvalue weighted by atomic mass is 9.64. The van der Waals surface area contributed by atoms with E-state index < -0.39 is 5.41 Å². The fourth-order valence-corrected chi connectivity index (χ4v) is 8.00. The van der Waals surface area contributed by atoms with Crippen LogP contribution in [0.4, 0.5) is 0 Å². The summed E-state index contributed by atoms with van der Waals surface area (Å²) >= 11 is 0. The van der Waals surface area contributed by atoms with E-state index in [1.165, 1.54) is 0 Å². The highest BCUT2D eigenvalue weighted by molar-refractivity contribution is 6.08. The van der Waals surface area contributed by atoms with Crippen LogP contribution in [0.1, 0.15) is 93.0 Å². The predicted molar refractivity (Wildman–Crippen MR) is 166 cm³/mol. The molecule has 3 aliphatic heterocycles. The zero-order chi connectivity index (χ0) is 30.9. The summed E-state index contributed by atoms with van der Waals surface area (Å²) in [7, 11) is 1.96. The molecule has 1 aromatic heterocycles. The van der Waals surface area contributed by atoms with Gasteiger partial charge in [0, 0.05) is 37.4 Å². The van der Waals surface area contributed by atoms with Crippen molar-refractivity contribution in [3.8, 4) is 5.88 Å². The summed E-state index contributed by atoms with van der Waals surface area (Å²) in [6, 6.07) is 0.321. The van der Waals surface area contributed by atoms with Gasteiger partial charge in [0.2, 0.25) is 17.5 Å². The number of fused-ring (bicyclic) bond motifs is 2. The van der Waals surface area contributed by atoms with Crippen LogP contribution in [0.2, 0.25) is 0 Å². The number of nitrogens with two attached hydrogens (primary N) is 1. The second kappa shape index (κ2) is 13.0. The Hall–Kier alpha value is -2.66. The number of aromatic nitrogens is 2. The SMILES string of the molecule is C=C[C@H](Oc1nc(C(=O)C2=C(N)[C@]3(CCCCC3=O)CCC2)nc2c1CN(C1COC1)C[C@]21CCOC1)[C@@H](C)CCCNC. The quantitative estimate of drug-likeness (QED) is 0.219. The number of Topliss-reactive ketones (excluding diaryl/α,β-unsaturated/α-hetero) is 2. The molecule has 1 saturated carbocycles. The molecule has 3 N–H and O–H groups in total. The minimum Gasteiger partial charge on any atom is -0.470 e. The monoisotopic (exact) mass is 607 g/mol. The van der Waals surface area contributed by atoms with Gasteiger partial charge in [0.1, 0.15) is 11.9 Å². The third kappa shape index (κ3) is 5.63. The molecule has 5 aliphatic rings. The normalized spacial score (nSPS) is 29.0. The molecule has 44 heavy (non-hydrogen) atoms. The molecule has 0 aromatic carbocycles. The van der Waals surface area contributed by atoms with Gasteiger partial charge in [-0.2, -0.15) is 4.98 Å². The molecule has 0 radical (unpaired) electrons. The van der Waals surface area contributed by atoms with Crippen molar-refractivity contribution >= 4 is 11.6 Å². The second-order valence-electron chi connectivity index (χ2n) is 13.7. The van der Waals surface area contributed by atoms with E-state index in [2.05, 4.69) is 23.7 Å². The summed E-state index contributed by atoms with van der Waals surface area (Å²) in [5.74, 6) is 0.634. The summed E-state index contributed by atoms with van der Waals surface area (Å²) in [4.78, 5) is 40.0. The van der Waals surface area contributed by atoms with Crippen molar-refractivity contribution in [3.05, 3.63) is 41.0 Å². The highest BCUT2D eigenvalue weighted by Crippen LogP contribution is 2.48. The van der Waals surface area contributed by atoms with Gasteiger partial charge in [0.15, 0.2) is 0 Å². The maximum atomic E-state index is 14.4. The Morgan fingerprint density at radius 3 is 2.70 bits per heavy atom. The van der Waals surface area contributed by atoms with Gasteiger partial charge in [0.25, 0.3) is 0 Å². The van der Waals surface area contributed by atoms with Crippen LogP contribution in [0.25, 0.3) is 0 Å². The Morgan fingerprint density at radius 1 is 1.20 bits per heavy atom. The van der Waals surface area contributed by atoms with Crippen LogP contribution >= 0.6 is 0 Å². The van der Waals surface area contributed by atoms with Crippen molar-refractivity contribution in [2.75, 3.05) is 46.6 Å². The molecule has 4 atom stereocenters. The van der Waals surface area contributed by atoms with E-state index in [1.54, 1.807) is 0 Å². The van der Waals surface area contributed by atoms with E-state index in [0.717, 1.165) is 62.9 Å². The molecule has 1 aromatic rings. The molecule has 2 aliphatic carbocycles. The van der Waals surface area contributed by atoms with E-state index in [1.807, 2.05) is 13.1 Å². The number of carbonyl (C=O) groups is 2. The molecule has 6 rings (SSSR count). The molecule has 0 bridgehead atoms. The van der Waals surface area contributed by atoms with Gasteiger partial charge in [-0.25, -0.2) is 4.98 Å². The van der Waals surface area contributed by atoms with Crippen LogP contribution in [0.5, 0.6) is 5.88 Å². The molecule has 10 heteroatoms. The number of hydrogen-bond acceptors (Lipinski definition) is 10. The summed E-state index contributed by atoms with van der Waals surface area (Å²) in [5, 5.41) is 3.22. The van der Waals surface area contributed by atoms with Crippen molar-refractivity contribution in [1.29, 1.82) is 0 Å². The number of rotatable bonds is 11. The van der Waals surface area contributed by atoms with E-state index >= 15 is 0 Å². The highest BCUT2D eigenvalue weighted by Gasteiger charge is 2.50. The number of ketones is 2. The molecule has 10 nitrogen and oxygen atoms in total. The maximum Gasteiger partial charge on any atom is 0.228 e. The Morgan fingerprint density at radius 2 is 2.02 bits per heavy atom. The zero-order valence-electron chi connectivity index (χ0n) is 26.5. The number of nitrogens with zero attached hydrogens (tertiary/aromatic N) is 3. The third-order valence-corrected chi connectivity index (χ3v) is 10.8. The zero-order valence-corrected chi connectivity index (χ0v) is 26.5. The summed E-state index contributed by atoms with van der Waals surface area (Å²) < 4.78 is 18.3. The van der Waals surface area contributed by atoms with Gasteiger partial charge < -0.3 is 25.3 Å². The molecule has 3 fully saturated rings. The minimum atomic E-state index is -0.725. The fourth-order valence-electron chi connectivity index (χ4n) is 8.00. The number of allylic oxidation sites excluding steroid dienone is 2.